The van der Waals surface area contributed by atoms with Crippen molar-refractivity contribution in [3.8, 4) is 5.75 Å². The van der Waals surface area contributed by atoms with E-state index in [0.29, 0.717) is 33.8 Å². The maximum Gasteiger partial charge on any atom is 0.275 e. The third-order valence-electron chi connectivity index (χ3n) is 3.50. The van der Waals surface area contributed by atoms with Gasteiger partial charge < -0.3 is 10.1 Å². The number of halogens is 1. The Morgan fingerprint density at radius 3 is 2.56 bits per heavy atom. The number of amides is 2. The Morgan fingerprint density at radius 1 is 1.07 bits per heavy atom. The standard InChI is InChI=1S/C19H16ClN3O3S/c1-2-26-16-6-4-3-5-14(16)21-18(25)15-11-27-19(22-15)23-17(24)12-7-9-13(20)10-8-12/h3-11H,2H2,1H3,(H,21,25)(H,22,23,24). The number of thiazole rings is 1. The predicted octanol–water partition coefficient (Wildman–Crippen LogP) is 4.70. The van der Waals surface area contributed by atoms with Crippen LogP contribution in [-0.4, -0.2) is 23.4 Å². The van der Waals surface area contributed by atoms with Crippen LogP contribution in [0.25, 0.3) is 0 Å². The first-order valence-corrected chi connectivity index (χ1v) is 9.38. The molecule has 8 heteroatoms. The van der Waals surface area contributed by atoms with Crippen molar-refractivity contribution in [2.24, 2.45) is 0 Å². The van der Waals surface area contributed by atoms with Gasteiger partial charge in [-0.25, -0.2) is 4.98 Å². The van der Waals surface area contributed by atoms with Crippen molar-refractivity contribution in [1.82, 2.24) is 4.98 Å². The van der Waals surface area contributed by atoms with Crippen LogP contribution in [0, 0.1) is 0 Å². The SMILES string of the molecule is CCOc1ccccc1NC(=O)c1csc(NC(=O)c2ccc(Cl)cc2)n1. The first kappa shape index (κ1) is 18.9. The van der Waals surface area contributed by atoms with E-state index in [1.54, 1.807) is 47.8 Å². The van der Waals surface area contributed by atoms with Gasteiger partial charge in [-0.1, -0.05) is 23.7 Å². The number of nitrogens with zero attached hydrogens (tertiary/aromatic N) is 1. The highest BCUT2D eigenvalue weighted by Gasteiger charge is 2.15. The highest BCUT2D eigenvalue weighted by atomic mass is 35.5. The Labute approximate surface area is 165 Å². The van der Waals surface area contributed by atoms with Crippen molar-refractivity contribution in [3.05, 3.63) is 70.2 Å². The summed E-state index contributed by atoms with van der Waals surface area (Å²) in [6, 6.07) is 13.6. The molecule has 0 aliphatic carbocycles. The highest BCUT2D eigenvalue weighted by Crippen LogP contribution is 2.25. The number of carbonyl (C=O) groups excluding carboxylic acids is 2. The smallest absolute Gasteiger partial charge is 0.275 e. The number of ether oxygens (including phenoxy) is 1. The molecule has 0 aliphatic heterocycles. The van der Waals surface area contributed by atoms with Gasteiger partial charge >= 0.3 is 0 Å². The zero-order chi connectivity index (χ0) is 19.2. The number of carbonyl (C=O) groups is 2. The van der Waals surface area contributed by atoms with Gasteiger partial charge in [-0.3, -0.25) is 14.9 Å². The normalized spacial score (nSPS) is 10.3. The van der Waals surface area contributed by atoms with Crippen molar-refractivity contribution in [1.29, 1.82) is 0 Å². The molecule has 0 atom stereocenters. The molecule has 0 aliphatic rings. The monoisotopic (exact) mass is 401 g/mol. The third-order valence-corrected chi connectivity index (χ3v) is 4.51. The number of anilines is 2. The molecule has 0 radical (unpaired) electrons. The largest absolute Gasteiger partial charge is 0.492 e. The molecule has 1 aromatic heterocycles. The summed E-state index contributed by atoms with van der Waals surface area (Å²) in [4.78, 5) is 28.8. The fraction of sp³-hybridized carbons (Fsp3) is 0.105. The summed E-state index contributed by atoms with van der Waals surface area (Å²) in [6.07, 6.45) is 0. The molecule has 0 bridgehead atoms. The summed E-state index contributed by atoms with van der Waals surface area (Å²) in [5, 5.41) is 7.90. The molecule has 3 rings (SSSR count). The fourth-order valence-corrected chi connectivity index (χ4v) is 3.06. The van der Waals surface area contributed by atoms with Gasteiger partial charge in [0.05, 0.1) is 12.3 Å². The predicted molar refractivity (Wildman–Crippen MR) is 107 cm³/mol. The number of rotatable bonds is 6. The molecule has 138 valence electrons. The van der Waals surface area contributed by atoms with Crippen LogP contribution in [0.1, 0.15) is 27.8 Å². The molecule has 2 amide bonds. The minimum atomic E-state index is -0.384. The summed E-state index contributed by atoms with van der Waals surface area (Å²) in [5.74, 6) is -0.125. The molecule has 1 heterocycles. The minimum absolute atomic E-state index is 0.206. The van der Waals surface area contributed by atoms with Crippen LogP contribution < -0.4 is 15.4 Å². The lowest BCUT2D eigenvalue weighted by atomic mass is 10.2. The van der Waals surface area contributed by atoms with Gasteiger partial charge in [0.15, 0.2) is 5.13 Å². The maximum absolute atomic E-state index is 12.4. The molecular weight excluding hydrogens is 386 g/mol. The zero-order valence-corrected chi connectivity index (χ0v) is 15.9. The molecule has 6 nitrogen and oxygen atoms in total. The van der Waals surface area contributed by atoms with Crippen LogP contribution in [0.4, 0.5) is 10.8 Å². The lowest BCUT2D eigenvalue weighted by Gasteiger charge is -2.10. The molecule has 2 N–H and O–H groups in total. The third kappa shape index (κ3) is 4.84. The number of hydrogen-bond acceptors (Lipinski definition) is 5. The van der Waals surface area contributed by atoms with Crippen LogP contribution >= 0.6 is 22.9 Å². The molecule has 0 fully saturated rings. The van der Waals surface area contributed by atoms with Crippen LogP contribution in [0.5, 0.6) is 5.75 Å². The van der Waals surface area contributed by atoms with E-state index in [4.69, 9.17) is 16.3 Å². The molecular formula is C19H16ClN3O3S. The van der Waals surface area contributed by atoms with Crippen molar-refractivity contribution >= 4 is 45.6 Å². The van der Waals surface area contributed by atoms with E-state index in [9.17, 15) is 9.59 Å². The van der Waals surface area contributed by atoms with Crippen molar-refractivity contribution in [3.63, 3.8) is 0 Å². The lowest BCUT2D eigenvalue weighted by molar-refractivity contribution is 0.101. The number of aromatic nitrogens is 1. The molecule has 2 aromatic carbocycles. The molecule has 3 aromatic rings. The molecule has 0 saturated heterocycles. The van der Waals surface area contributed by atoms with Crippen molar-refractivity contribution < 1.29 is 14.3 Å². The Kier molecular flexibility index (Phi) is 6.05. The second-order valence-corrected chi connectivity index (χ2v) is 6.68. The molecule has 0 spiro atoms. The summed E-state index contributed by atoms with van der Waals surface area (Å²) in [6.45, 7) is 2.36. The summed E-state index contributed by atoms with van der Waals surface area (Å²) < 4.78 is 5.49. The van der Waals surface area contributed by atoms with Crippen molar-refractivity contribution in [2.45, 2.75) is 6.92 Å². The highest BCUT2D eigenvalue weighted by molar-refractivity contribution is 7.14. The number of hydrogen-bond donors (Lipinski definition) is 2. The van der Waals surface area contributed by atoms with E-state index in [1.165, 1.54) is 11.3 Å². The van der Waals surface area contributed by atoms with E-state index >= 15 is 0 Å². The molecule has 0 unspecified atom stereocenters. The number of para-hydroxylation sites is 2. The average Bonchev–Trinajstić information content (AvgIpc) is 3.12. The first-order valence-electron chi connectivity index (χ1n) is 8.12. The fourth-order valence-electron chi connectivity index (χ4n) is 2.24. The van der Waals surface area contributed by atoms with E-state index in [1.807, 2.05) is 13.0 Å². The average molecular weight is 402 g/mol. The second-order valence-electron chi connectivity index (χ2n) is 5.38. The van der Waals surface area contributed by atoms with E-state index < -0.39 is 0 Å². The van der Waals surface area contributed by atoms with Gasteiger partial charge in [0, 0.05) is 16.0 Å². The van der Waals surface area contributed by atoms with Crippen LogP contribution in [-0.2, 0) is 0 Å². The first-order chi connectivity index (χ1) is 13.1. The number of benzene rings is 2. The Balaban J connectivity index is 1.67. The minimum Gasteiger partial charge on any atom is -0.492 e. The van der Waals surface area contributed by atoms with Crippen LogP contribution in [0.2, 0.25) is 5.02 Å². The van der Waals surface area contributed by atoms with Gasteiger partial charge in [0.1, 0.15) is 11.4 Å². The zero-order valence-electron chi connectivity index (χ0n) is 14.4. The summed E-state index contributed by atoms with van der Waals surface area (Å²) in [5.41, 5.74) is 1.22. The van der Waals surface area contributed by atoms with E-state index in [0.717, 1.165) is 0 Å². The molecule has 0 saturated carbocycles. The molecule has 27 heavy (non-hydrogen) atoms. The summed E-state index contributed by atoms with van der Waals surface area (Å²) in [7, 11) is 0. The van der Waals surface area contributed by atoms with E-state index in [-0.39, 0.29) is 17.5 Å². The topological polar surface area (TPSA) is 80.3 Å². The van der Waals surface area contributed by atoms with E-state index in [2.05, 4.69) is 15.6 Å². The Bertz CT molecular complexity index is 957. The van der Waals surface area contributed by atoms with Gasteiger partial charge in [-0.15, -0.1) is 11.3 Å². The Morgan fingerprint density at radius 2 is 1.81 bits per heavy atom. The maximum atomic E-state index is 12.4. The van der Waals surface area contributed by atoms with Gasteiger partial charge in [0.25, 0.3) is 11.8 Å². The van der Waals surface area contributed by atoms with Crippen LogP contribution in [0.15, 0.2) is 53.9 Å². The summed E-state index contributed by atoms with van der Waals surface area (Å²) >= 11 is 6.98. The van der Waals surface area contributed by atoms with Crippen molar-refractivity contribution in [2.75, 3.05) is 17.2 Å². The second kappa shape index (κ2) is 8.66. The van der Waals surface area contributed by atoms with Crippen LogP contribution in [0.3, 0.4) is 0 Å². The Hall–Kier alpha value is -2.90. The van der Waals surface area contributed by atoms with Gasteiger partial charge in [-0.2, -0.15) is 0 Å². The quantitative estimate of drug-likeness (QED) is 0.627. The number of nitrogens with one attached hydrogen (secondary N) is 2. The lowest BCUT2D eigenvalue weighted by Crippen LogP contribution is -2.15. The van der Waals surface area contributed by atoms with Gasteiger partial charge in [0.2, 0.25) is 0 Å². The van der Waals surface area contributed by atoms with Gasteiger partial charge in [-0.05, 0) is 43.3 Å².